The summed E-state index contributed by atoms with van der Waals surface area (Å²) in [7, 11) is -3.64. The lowest BCUT2D eigenvalue weighted by molar-refractivity contribution is 0.108. The Bertz CT molecular complexity index is 626. The zero-order valence-electron chi connectivity index (χ0n) is 10.4. The van der Waals surface area contributed by atoms with E-state index in [1.165, 1.54) is 24.3 Å². The van der Waals surface area contributed by atoms with Gasteiger partial charge in [-0.15, -0.1) is 11.6 Å². The normalized spacial score (nSPS) is 10.8. The van der Waals surface area contributed by atoms with E-state index in [-0.39, 0.29) is 35.8 Å². The predicted octanol–water partition coefficient (Wildman–Crippen LogP) is 2.35. The van der Waals surface area contributed by atoms with Gasteiger partial charge in [0.05, 0.1) is 23.9 Å². The van der Waals surface area contributed by atoms with Gasteiger partial charge in [-0.25, -0.2) is 8.42 Å². The van der Waals surface area contributed by atoms with Crippen molar-refractivity contribution in [1.29, 1.82) is 5.26 Å². The predicted molar refractivity (Wildman–Crippen MR) is 78.7 cm³/mol. The molecule has 1 aromatic rings. The molecule has 0 spiro atoms. The van der Waals surface area contributed by atoms with E-state index in [4.69, 9.17) is 28.5 Å². The highest BCUT2D eigenvalue weighted by Crippen LogP contribution is 2.21. The molecule has 0 radical (unpaired) electrons. The zero-order valence-corrected chi connectivity index (χ0v) is 12.7. The fraction of sp³-hybridized carbons (Fsp3) is 0.333. The van der Waals surface area contributed by atoms with E-state index < -0.39 is 15.3 Å². The molecular formula is C12H12Cl2N2O3S. The van der Waals surface area contributed by atoms with Crippen molar-refractivity contribution in [1.82, 2.24) is 0 Å². The summed E-state index contributed by atoms with van der Waals surface area (Å²) >= 11 is 10.9. The van der Waals surface area contributed by atoms with Crippen LogP contribution in [0.25, 0.3) is 0 Å². The largest absolute Gasteiger partial charge is 0.276 e. The summed E-state index contributed by atoms with van der Waals surface area (Å²) in [6.45, 7) is -0.00431. The third-order valence-corrected chi connectivity index (χ3v) is 4.87. The minimum atomic E-state index is -3.64. The van der Waals surface area contributed by atoms with Gasteiger partial charge < -0.3 is 0 Å². The third-order valence-electron chi connectivity index (χ3n) is 2.46. The number of benzene rings is 1. The molecule has 8 heteroatoms. The molecule has 0 aromatic heterocycles. The second-order valence-corrected chi connectivity index (χ2v) is 6.54. The van der Waals surface area contributed by atoms with Crippen LogP contribution in [0.3, 0.4) is 0 Å². The highest BCUT2D eigenvalue weighted by molar-refractivity contribution is 7.92. The highest BCUT2D eigenvalue weighted by atomic mass is 35.5. The van der Waals surface area contributed by atoms with Gasteiger partial charge >= 0.3 is 0 Å². The molecule has 0 aliphatic heterocycles. The van der Waals surface area contributed by atoms with Crippen molar-refractivity contribution in [2.45, 2.75) is 6.42 Å². The molecule has 1 rings (SSSR count). The van der Waals surface area contributed by atoms with Crippen LogP contribution in [0.15, 0.2) is 24.3 Å². The molecule has 5 nitrogen and oxygen atoms in total. The van der Waals surface area contributed by atoms with Gasteiger partial charge in [0.1, 0.15) is 0 Å². The lowest BCUT2D eigenvalue weighted by Gasteiger charge is -2.23. The summed E-state index contributed by atoms with van der Waals surface area (Å²) in [6.07, 6.45) is 0.0283. The van der Waals surface area contributed by atoms with Crippen LogP contribution in [0.1, 0.15) is 16.8 Å². The van der Waals surface area contributed by atoms with Crippen LogP contribution in [0.2, 0.25) is 0 Å². The topological polar surface area (TPSA) is 78.2 Å². The van der Waals surface area contributed by atoms with Crippen LogP contribution in [0, 0.1) is 11.3 Å². The van der Waals surface area contributed by atoms with Crippen molar-refractivity contribution >= 4 is 44.2 Å². The number of hydrogen-bond donors (Lipinski definition) is 0. The van der Waals surface area contributed by atoms with E-state index in [2.05, 4.69) is 0 Å². The molecule has 0 amide bonds. The first-order valence-electron chi connectivity index (χ1n) is 5.65. The Morgan fingerprint density at radius 3 is 2.65 bits per heavy atom. The Labute approximate surface area is 127 Å². The number of sulfonamides is 1. The second-order valence-electron chi connectivity index (χ2n) is 3.81. The number of nitrogens with zero attached hydrogens (tertiary/aromatic N) is 2. The van der Waals surface area contributed by atoms with Gasteiger partial charge in [0, 0.05) is 18.0 Å². The molecular weight excluding hydrogens is 323 g/mol. The van der Waals surface area contributed by atoms with Gasteiger partial charge in [-0.05, 0) is 29.8 Å². The number of nitriles is 1. The summed E-state index contributed by atoms with van der Waals surface area (Å²) in [4.78, 5) is 11.1. The van der Waals surface area contributed by atoms with E-state index in [0.29, 0.717) is 0 Å². The maximum atomic E-state index is 12.1. The minimum Gasteiger partial charge on any atom is -0.276 e. The lowest BCUT2D eigenvalue weighted by atomic mass is 10.2. The number of hydrogen-bond acceptors (Lipinski definition) is 4. The summed E-state index contributed by atoms with van der Waals surface area (Å²) < 4.78 is 25.3. The van der Waals surface area contributed by atoms with E-state index in [1.54, 1.807) is 0 Å². The maximum Gasteiger partial charge on any atom is 0.252 e. The standard InChI is InChI=1S/C12H12Cl2N2O3S/c13-5-8-20(18,19)16(7-2-6-15)11-4-1-3-10(9-11)12(14)17/h1,3-4,9H,2,5,7-8H2. The Balaban J connectivity index is 3.21. The van der Waals surface area contributed by atoms with E-state index in [9.17, 15) is 13.2 Å². The van der Waals surface area contributed by atoms with Crippen LogP contribution in [-0.2, 0) is 10.0 Å². The molecule has 0 heterocycles. The van der Waals surface area contributed by atoms with Crippen molar-refractivity contribution < 1.29 is 13.2 Å². The number of carbonyl (C=O) groups excluding carboxylic acids is 1. The van der Waals surface area contributed by atoms with E-state index in [1.807, 2.05) is 6.07 Å². The summed E-state index contributed by atoms with van der Waals surface area (Å²) in [6, 6.07) is 7.81. The van der Waals surface area contributed by atoms with Crippen LogP contribution >= 0.6 is 23.2 Å². The molecule has 1 aromatic carbocycles. The Morgan fingerprint density at radius 2 is 2.10 bits per heavy atom. The molecule has 0 bridgehead atoms. The van der Waals surface area contributed by atoms with Crippen LogP contribution in [0.4, 0.5) is 5.69 Å². The summed E-state index contributed by atoms with van der Waals surface area (Å²) in [5, 5.41) is 7.95. The van der Waals surface area contributed by atoms with Gasteiger partial charge in [0.25, 0.3) is 5.24 Å². The minimum absolute atomic E-state index is 0.00431. The molecule has 0 fully saturated rings. The average molecular weight is 335 g/mol. The first kappa shape index (κ1) is 16.8. The Kier molecular flexibility index (Phi) is 6.27. The molecule has 0 atom stereocenters. The molecule has 0 saturated heterocycles. The van der Waals surface area contributed by atoms with Crippen molar-refractivity contribution in [3.8, 4) is 6.07 Å². The fourth-order valence-electron chi connectivity index (χ4n) is 1.57. The SMILES string of the molecule is N#CCCN(c1cccc(C(=O)Cl)c1)S(=O)(=O)CCCl. The van der Waals surface area contributed by atoms with Crippen LogP contribution in [-0.4, -0.2) is 31.8 Å². The van der Waals surface area contributed by atoms with Gasteiger partial charge in [-0.3, -0.25) is 9.10 Å². The highest BCUT2D eigenvalue weighted by Gasteiger charge is 2.22. The zero-order chi connectivity index (χ0) is 15.2. The molecule has 20 heavy (non-hydrogen) atoms. The van der Waals surface area contributed by atoms with Crippen LogP contribution in [0.5, 0.6) is 0 Å². The van der Waals surface area contributed by atoms with E-state index >= 15 is 0 Å². The molecule has 0 aliphatic carbocycles. The van der Waals surface area contributed by atoms with Gasteiger partial charge in [0.2, 0.25) is 10.0 Å². The molecule has 0 saturated carbocycles. The number of rotatable bonds is 7. The molecule has 0 unspecified atom stereocenters. The van der Waals surface area contributed by atoms with Crippen LogP contribution < -0.4 is 4.31 Å². The van der Waals surface area contributed by atoms with Crippen molar-refractivity contribution in [3.63, 3.8) is 0 Å². The second kappa shape index (κ2) is 7.48. The quantitative estimate of drug-likeness (QED) is 0.566. The third kappa shape index (κ3) is 4.37. The fourth-order valence-corrected chi connectivity index (χ4v) is 3.49. The van der Waals surface area contributed by atoms with E-state index in [0.717, 1.165) is 4.31 Å². The Hall–Kier alpha value is -1.29. The first-order chi connectivity index (χ1) is 9.42. The van der Waals surface area contributed by atoms with Crippen molar-refractivity contribution in [3.05, 3.63) is 29.8 Å². The smallest absolute Gasteiger partial charge is 0.252 e. The summed E-state index contributed by atoms with van der Waals surface area (Å²) in [5.74, 6) is -0.307. The molecule has 0 N–H and O–H groups in total. The monoisotopic (exact) mass is 334 g/mol. The maximum absolute atomic E-state index is 12.1. The van der Waals surface area contributed by atoms with Crippen molar-refractivity contribution in [2.75, 3.05) is 22.5 Å². The lowest BCUT2D eigenvalue weighted by Crippen LogP contribution is -2.34. The molecule has 108 valence electrons. The number of carbonyl (C=O) groups is 1. The summed E-state index contributed by atoms with van der Waals surface area (Å²) in [5.41, 5.74) is 0.476. The van der Waals surface area contributed by atoms with Gasteiger partial charge in [0.15, 0.2) is 0 Å². The van der Waals surface area contributed by atoms with Gasteiger partial charge in [-0.2, -0.15) is 5.26 Å². The first-order valence-corrected chi connectivity index (χ1v) is 8.17. The van der Waals surface area contributed by atoms with Gasteiger partial charge in [-0.1, -0.05) is 6.07 Å². The number of alkyl halides is 1. The molecule has 0 aliphatic rings. The average Bonchev–Trinajstić information content (AvgIpc) is 2.39. The van der Waals surface area contributed by atoms with Crippen molar-refractivity contribution in [2.24, 2.45) is 0 Å². The number of anilines is 1. The Morgan fingerprint density at radius 1 is 1.40 bits per heavy atom. The number of halogens is 2.